The molecule has 0 saturated carbocycles. The highest BCUT2D eigenvalue weighted by Gasteiger charge is 2.15. The summed E-state index contributed by atoms with van der Waals surface area (Å²) >= 11 is 0. The van der Waals surface area contributed by atoms with Crippen molar-refractivity contribution in [2.45, 2.75) is 27.7 Å². The van der Waals surface area contributed by atoms with Gasteiger partial charge >= 0.3 is 0 Å². The molecule has 0 aliphatic rings. The average Bonchev–Trinajstić information content (AvgIpc) is 2.29. The Morgan fingerprint density at radius 3 is 2.71 bits per heavy atom. The standard InChI is InChI=1S/C12H21N5/c1-5-17(7-8(2)11(13)14)12-10(4)15-6-9(3)16-12/h6,8H,5,7H2,1-4H3,(H3,13,14). The molecule has 0 amide bonds. The summed E-state index contributed by atoms with van der Waals surface area (Å²) in [5.74, 6) is 1.12. The van der Waals surface area contributed by atoms with E-state index in [1.807, 2.05) is 20.8 Å². The van der Waals surface area contributed by atoms with Gasteiger partial charge in [0.2, 0.25) is 0 Å². The Hall–Kier alpha value is -1.65. The zero-order valence-corrected chi connectivity index (χ0v) is 11.0. The lowest BCUT2D eigenvalue weighted by molar-refractivity contribution is 0.685. The molecular weight excluding hydrogens is 214 g/mol. The van der Waals surface area contributed by atoms with Crippen molar-refractivity contribution in [1.29, 1.82) is 5.41 Å². The molecule has 0 aliphatic heterocycles. The van der Waals surface area contributed by atoms with E-state index in [0.29, 0.717) is 6.54 Å². The minimum atomic E-state index is 0.0247. The monoisotopic (exact) mass is 235 g/mol. The van der Waals surface area contributed by atoms with Crippen LogP contribution in [0.3, 0.4) is 0 Å². The maximum absolute atomic E-state index is 7.44. The number of rotatable bonds is 5. The number of nitrogens with zero attached hydrogens (tertiary/aromatic N) is 3. The van der Waals surface area contributed by atoms with Gasteiger partial charge in [-0.1, -0.05) is 6.92 Å². The lowest BCUT2D eigenvalue weighted by Crippen LogP contribution is -2.35. The molecule has 1 unspecified atom stereocenters. The van der Waals surface area contributed by atoms with Gasteiger partial charge in [0.1, 0.15) is 5.82 Å². The summed E-state index contributed by atoms with van der Waals surface area (Å²) in [6, 6.07) is 0. The van der Waals surface area contributed by atoms with Crippen molar-refractivity contribution >= 4 is 11.7 Å². The molecule has 94 valence electrons. The molecule has 0 aromatic carbocycles. The van der Waals surface area contributed by atoms with Crippen molar-refractivity contribution < 1.29 is 0 Å². The lowest BCUT2D eigenvalue weighted by Gasteiger charge is -2.26. The summed E-state index contributed by atoms with van der Waals surface area (Å²) in [4.78, 5) is 10.9. The third kappa shape index (κ3) is 3.41. The van der Waals surface area contributed by atoms with Crippen LogP contribution in [0.25, 0.3) is 0 Å². The minimum absolute atomic E-state index is 0.0247. The normalized spacial score (nSPS) is 12.2. The Bertz CT molecular complexity index is 402. The number of hydrogen-bond acceptors (Lipinski definition) is 4. The van der Waals surface area contributed by atoms with Crippen LogP contribution < -0.4 is 10.6 Å². The molecule has 1 atom stereocenters. The second kappa shape index (κ2) is 5.61. The first-order valence-electron chi connectivity index (χ1n) is 5.84. The van der Waals surface area contributed by atoms with Gasteiger partial charge in [0, 0.05) is 25.2 Å². The highest BCUT2D eigenvalue weighted by atomic mass is 15.2. The number of nitrogens with two attached hydrogens (primary N) is 1. The smallest absolute Gasteiger partial charge is 0.150 e. The molecule has 3 N–H and O–H groups in total. The van der Waals surface area contributed by atoms with Gasteiger partial charge in [0.15, 0.2) is 0 Å². The predicted molar refractivity (Wildman–Crippen MR) is 70.5 cm³/mol. The van der Waals surface area contributed by atoms with E-state index >= 15 is 0 Å². The van der Waals surface area contributed by atoms with Gasteiger partial charge in [0.25, 0.3) is 0 Å². The van der Waals surface area contributed by atoms with Crippen LogP contribution in [0.4, 0.5) is 5.82 Å². The molecule has 0 bridgehead atoms. The first-order valence-corrected chi connectivity index (χ1v) is 5.84. The molecule has 1 rings (SSSR count). The zero-order chi connectivity index (χ0) is 13.0. The third-order valence-corrected chi connectivity index (χ3v) is 2.76. The van der Waals surface area contributed by atoms with Gasteiger partial charge in [-0.3, -0.25) is 10.4 Å². The molecule has 17 heavy (non-hydrogen) atoms. The molecule has 1 aromatic heterocycles. The lowest BCUT2D eigenvalue weighted by atomic mass is 10.1. The first-order chi connectivity index (χ1) is 7.95. The molecule has 1 aromatic rings. The van der Waals surface area contributed by atoms with Gasteiger partial charge in [-0.2, -0.15) is 0 Å². The topological polar surface area (TPSA) is 78.9 Å². The van der Waals surface area contributed by atoms with E-state index in [1.165, 1.54) is 0 Å². The van der Waals surface area contributed by atoms with Crippen molar-refractivity contribution in [3.05, 3.63) is 17.6 Å². The fraction of sp³-hybridized carbons (Fsp3) is 0.583. The molecule has 1 heterocycles. The van der Waals surface area contributed by atoms with Crippen LogP contribution in [0.2, 0.25) is 0 Å². The number of amidine groups is 1. The van der Waals surface area contributed by atoms with Gasteiger partial charge in [-0.15, -0.1) is 0 Å². The van der Waals surface area contributed by atoms with Crippen LogP contribution in [0, 0.1) is 25.2 Å². The molecular formula is C12H21N5. The molecule has 5 heteroatoms. The fourth-order valence-electron chi connectivity index (χ4n) is 1.62. The number of nitrogens with one attached hydrogen (secondary N) is 1. The third-order valence-electron chi connectivity index (χ3n) is 2.76. The van der Waals surface area contributed by atoms with Crippen LogP contribution in [0.15, 0.2) is 6.20 Å². The van der Waals surface area contributed by atoms with Crippen molar-refractivity contribution in [3.63, 3.8) is 0 Å². The van der Waals surface area contributed by atoms with Crippen LogP contribution in [0.1, 0.15) is 25.2 Å². The van der Waals surface area contributed by atoms with E-state index < -0.39 is 0 Å². The summed E-state index contributed by atoms with van der Waals surface area (Å²) in [7, 11) is 0. The maximum Gasteiger partial charge on any atom is 0.150 e. The van der Waals surface area contributed by atoms with Crippen molar-refractivity contribution in [2.24, 2.45) is 11.7 Å². The van der Waals surface area contributed by atoms with Gasteiger partial charge in [-0.05, 0) is 20.8 Å². The zero-order valence-electron chi connectivity index (χ0n) is 11.0. The summed E-state index contributed by atoms with van der Waals surface area (Å²) in [6.07, 6.45) is 1.76. The minimum Gasteiger partial charge on any atom is -0.387 e. The fourth-order valence-corrected chi connectivity index (χ4v) is 1.62. The van der Waals surface area contributed by atoms with E-state index in [-0.39, 0.29) is 11.8 Å². The van der Waals surface area contributed by atoms with Crippen molar-refractivity contribution in [3.8, 4) is 0 Å². The first kappa shape index (κ1) is 13.4. The highest BCUT2D eigenvalue weighted by molar-refractivity contribution is 5.79. The van der Waals surface area contributed by atoms with E-state index in [0.717, 1.165) is 23.8 Å². The predicted octanol–water partition coefficient (Wildman–Crippen LogP) is 1.49. The van der Waals surface area contributed by atoms with Gasteiger partial charge in [-0.25, -0.2) is 4.98 Å². The summed E-state index contributed by atoms with van der Waals surface area (Å²) in [6.45, 7) is 9.42. The molecule has 0 aliphatic carbocycles. The molecule has 0 radical (unpaired) electrons. The number of hydrogen-bond donors (Lipinski definition) is 2. The quantitative estimate of drug-likeness (QED) is 0.598. The number of aryl methyl sites for hydroxylation is 2. The Morgan fingerprint density at radius 1 is 1.53 bits per heavy atom. The Labute approximate surface area is 103 Å². The van der Waals surface area contributed by atoms with Crippen LogP contribution >= 0.6 is 0 Å². The number of aromatic nitrogens is 2. The summed E-state index contributed by atoms with van der Waals surface area (Å²) < 4.78 is 0. The van der Waals surface area contributed by atoms with E-state index in [2.05, 4.69) is 21.8 Å². The van der Waals surface area contributed by atoms with Crippen LogP contribution in [0.5, 0.6) is 0 Å². The second-order valence-corrected chi connectivity index (χ2v) is 4.32. The van der Waals surface area contributed by atoms with Gasteiger partial charge in [0.05, 0.1) is 17.2 Å². The Balaban J connectivity index is 2.93. The molecule has 5 nitrogen and oxygen atoms in total. The Kier molecular flexibility index (Phi) is 4.43. The SMILES string of the molecule is CCN(CC(C)C(=N)N)c1nc(C)cnc1C. The molecule has 0 saturated heterocycles. The van der Waals surface area contributed by atoms with E-state index in [4.69, 9.17) is 11.1 Å². The highest BCUT2D eigenvalue weighted by Crippen LogP contribution is 2.16. The maximum atomic E-state index is 7.44. The van der Waals surface area contributed by atoms with Gasteiger partial charge < -0.3 is 10.6 Å². The van der Waals surface area contributed by atoms with Crippen LogP contribution in [-0.2, 0) is 0 Å². The summed E-state index contributed by atoms with van der Waals surface area (Å²) in [5.41, 5.74) is 7.32. The van der Waals surface area contributed by atoms with Crippen LogP contribution in [-0.4, -0.2) is 28.9 Å². The van der Waals surface area contributed by atoms with E-state index in [9.17, 15) is 0 Å². The second-order valence-electron chi connectivity index (χ2n) is 4.32. The van der Waals surface area contributed by atoms with E-state index in [1.54, 1.807) is 6.20 Å². The van der Waals surface area contributed by atoms with Crippen molar-refractivity contribution in [1.82, 2.24) is 9.97 Å². The summed E-state index contributed by atoms with van der Waals surface area (Å²) in [5, 5.41) is 7.44. The Morgan fingerprint density at radius 2 is 2.18 bits per heavy atom. The number of anilines is 1. The van der Waals surface area contributed by atoms with Crippen molar-refractivity contribution in [2.75, 3.05) is 18.0 Å². The largest absolute Gasteiger partial charge is 0.387 e. The average molecular weight is 235 g/mol. The molecule has 0 spiro atoms. The molecule has 0 fully saturated rings.